The van der Waals surface area contributed by atoms with E-state index in [-0.39, 0.29) is 5.91 Å². The van der Waals surface area contributed by atoms with Crippen molar-refractivity contribution in [3.05, 3.63) is 84.3 Å². The van der Waals surface area contributed by atoms with E-state index in [9.17, 15) is 4.79 Å². The summed E-state index contributed by atoms with van der Waals surface area (Å²) in [6, 6.07) is 18.3. The third kappa shape index (κ3) is 3.76. The lowest BCUT2D eigenvalue weighted by atomic mass is 10.2. The van der Waals surface area contributed by atoms with Gasteiger partial charge in [0.25, 0.3) is 5.91 Å². The van der Waals surface area contributed by atoms with Crippen LogP contribution in [0, 0.1) is 0 Å². The molecule has 0 atom stereocenters. The normalized spacial score (nSPS) is 10.2. The minimum atomic E-state index is -0.167. The van der Waals surface area contributed by atoms with Crippen LogP contribution >= 0.6 is 0 Å². The van der Waals surface area contributed by atoms with Crippen LogP contribution in [0.15, 0.2) is 73.1 Å². The number of carbonyl (C=O) groups is 1. The lowest BCUT2D eigenvalue weighted by Gasteiger charge is -2.18. The minimum Gasteiger partial charge on any atom is -0.438 e. The summed E-state index contributed by atoms with van der Waals surface area (Å²) in [5.41, 5.74) is 1.24. The number of nitrogens with zero attached hydrogens (tertiary/aromatic N) is 3. The molecule has 1 amide bonds. The van der Waals surface area contributed by atoms with Crippen LogP contribution in [0.5, 0.6) is 11.6 Å². The molecule has 0 aliphatic rings. The second-order valence-corrected chi connectivity index (χ2v) is 5.25. The number of hydrogen-bond donors (Lipinski definition) is 0. The summed E-state index contributed by atoms with van der Waals surface area (Å²) in [5.74, 6) is 0.763. The van der Waals surface area contributed by atoms with Crippen molar-refractivity contribution in [3.8, 4) is 11.6 Å². The van der Waals surface area contributed by atoms with Crippen molar-refractivity contribution in [3.63, 3.8) is 0 Å². The molecule has 0 saturated heterocycles. The Hall–Kier alpha value is -3.21. The van der Waals surface area contributed by atoms with Crippen molar-refractivity contribution < 1.29 is 9.53 Å². The van der Waals surface area contributed by atoms with E-state index in [1.807, 2.05) is 48.5 Å². The molecule has 5 heteroatoms. The monoisotopic (exact) mass is 319 g/mol. The molecule has 0 unspecified atom stereocenters. The number of carbonyl (C=O) groups excluding carboxylic acids is 1. The van der Waals surface area contributed by atoms with Gasteiger partial charge in [-0.2, -0.15) is 0 Å². The summed E-state index contributed by atoms with van der Waals surface area (Å²) in [7, 11) is 1.73. The van der Waals surface area contributed by atoms with Crippen molar-refractivity contribution >= 4 is 5.91 Å². The molecule has 0 saturated carbocycles. The van der Waals surface area contributed by atoms with Crippen LogP contribution in [0.2, 0.25) is 0 Å². The van der Waals surface area contributed by atoms with E-state index in [0.29, 0.717) is 23.7 Å². The first kappa shape index (κ1) is 15.7. The fourth-order valence-corrected chi connectivity index (χ4v) is 2.25. The van der Waals surface area contributed by atoms with Gasteiger partial charge in [0, 0.05) is 19.4 Å². The molecule has 3 aromatic rings. The van der Waals surface area contributed by atoms with Gasteiger partial charge < -0.3 is 9.64 Å². The third-order valence-electron chi connectivity index (χ3n) is 3.43. The van der Waals surface area contributed by atoms with E-state index in [4.69, 9.17) is 4.74 Å². The predicted molar refractivity (Wildman–Crippen MR) is 90.8 cm³/mol. The molecule has 0 fully saturated rings. The van der Waals surface area contributed by atoms with Crippen LogP contribution < -0.4 is 4.74 Å². The Morgan fingerprint density at radius 3 is 2.46 bits per heavy atom. The van der Waals surface area contributed by atoms with Crippen LogP contribution in [0.4, 0.5) is 0 Å². The number of rotatable bonds is 5. The molecule has 1 aromatic carbocycles. The second-order valence-electron chi connectivity index (χ2n) is 5.25. The summed E-state index contributed by atoms with van der Waals surface area (Å²) in [5, 5.41) is 0. The highest BCUT2D eigenvalue weighted by Gasteiger charge is 2.18. The molecule has 0 spiro atoms. The maximum atomic E-state index is 12.7. The summed E-state index contributed by atoms with van der Waals surface area (Å²) in [6.45, 7) is 0.416. The number of amides is 1. The molecule has 2 aromatic heterocycles. The van der Waals surface area contributed by atoms with Gasteiger partial charge in [-0.15, -0.1) is 0 Å². The molecular formula is C19H17N3O2. The quantitative estimate of drug-likeness (QED) is 0.722. The van der Waals surface area contributed by atoms with Gasteiger partial charge >= 0.3 is 0 Å². The first-order valence-electron chi connectivity index (χ1n) is 7.57. The average molecular weight is 319 g/mol. The lowest BCUT2D eigenvalue weighted by molar-refractivity contribution is 0.0780. The number of benzene rings is 1. The predicted octanol–water partition coefficient (Wildman–Crippen LogP) is 3.54. The van der Waals surface area contributed by atoms with Crippen molar-refractivity contribution in [2.45, 2.75) is 6.54 Å². The molecule has 120 valence electrons. The highest BCUT2D eigenvalue weighted by atomic mass is 16.5. The number of ether oxygens (including phenoxy) is 1. The van der Waals surface area contributed by atoms with Gasteiger partial charge in [-0.1, -0.05) is 24.3 Å². The van der Waals surface area contributed by atoms with Crippen LogP contribution in [0.3, 0.4) is 0 Å². The number of hydrogen-bond acceptors (Lipinski definition) is 4. The number of aromatic nitrogens is 2. The minimum absolute atomic E-state index is 0.167. The zero-order valence-electron chi connectivity index (χ0n) is 13.3. The van der Waals surface area contributed by atoms with Crippen molar-refractivity contribution in [2.75, 3.05) is 7.05 Å². The highest BCUT2D eigenvalue weighted by Crippen LogP contribution is 2.23. The van der Waals surface area contributed by atoms with E-state index < -0.39 is 0 Å². The van der Waals surface area contributed by atoms with E-state index in [2.05, 4.69) is 9.97 Å². The molecule has 24 heavy (non-hydrogen) atoms. The zero-order valence-corrected chi connectivity index (χ0v) is 13.3. The molecule has 0 aliphatic carbocycles. The zero-order chi connectivity index (χ0) is 16.8. The molecule has 5 nitrogen and oxygen atoms in total. The smallest absolute Gasteiger partial charge is 0.259 e. The number of para-hydroxylation sites is 1. The Morgan fingerprint density at radius 2 is 1.71 bits per heavy atom. The SMILES string of the molecule is CN(Cc1ccccn1)C(=O)c1cccnc1Oc1ccccc1. The third-order valence-corrected chi connectivity index (χ3v) is 3.43. The van der Waals surface area contributed by atoms with Crippen LogP contribution in [0.1, 0.15) is 16.1 Å². The Morgan fingerprint density at radius 1 is 0.958 bits per heavy atom. The van der Waals surface area contributed by atoms with Crippen LogP contribution in [-0.4, -0.2) is 27.8 Å². The van der Waals surface area contributed by atoms with Crippen LogP contribution in [-0.2, 0) is 6.54 Å². The fourth-order valence-electron chi connectivity index (χ4n) is 2.25. The van der Waals surface area contributed by atoms with Gasteiger partial charge in [0.1, 0.15) is 11.3 Å². The highest BCUT2D eigenvalue weighted by molar-refractivity contribution is 5.96. The first-order valence-corrected chi connectivity index (χ1v) is 7.57. The average Bonchev–Trinajstić information content (AvgIpc) is 2.63. The van der Waals surface area contributed by atoms with Gasteiger partial charge in [0.15, 0.2) is 0 Å². The Bertz CT molecular complexity index is 807. The summed E-state index contributed by atoms with van der Waals surface area (Å²) >= 11 is 0. The molecule has 0 aliphatic heterocycles. The van der Waals surface area contributed by atoms with Gasteiger partial charge in [-0.3, -0.25) is 9.78 Å². The van der Waals surface area contributed by atoms with Gasteiger partial charge in [0.2, 0.25) is 5.88 Å². The summed E-state index contributed by atoms with van der Waals surface area (Å²) in [4.78, 5) is 22.8. The van der Waals surface area contributed by atoms with Gasteiger partial charge in [-0.25, -0.2) is 4.98 Å². The van der Waals surface area contributed by atoms with Gasteiger partial charge in [-0.05, 0) is 36.4 Å². The Kier molecular flexibility index (Phi) is 4.81. The summed E-state index contributed by atoms with van der Waals surface area (Å²) < 4.78 is 5.76. The Balaban J connectivity index is 1.79. The van der Waals surface area contributed by atoms with E-state index >= 15 is 0 Å². The van der Waals surface area contributed by atoms with E-state index in [0.717, 1.165) is 5.69 Å². The number of pyridine rings is 2. The maximum Gasteiger partial charge on any atom is 0.259 e. The summed E-state index contributed by atoms with van der Waals surface area (Å²) in [6.07, 6.45) is 3.31. The molecule has 0 radical (unpaired) electrons. The topological polar surface area (TPSA) is 55.3 Å². The second kappa shape index (κ2) is 7.37. The molecule has 0 N–H and O–H groups in total. The maximum absolute atomic E-state index is 12.7. The van der Waals surface area contributed by atoms with E-state index in [1.54, 1.807) is 36.5 Å². The largest absolute Gasteiger partial charge is 0.438 e. The molecule has 0 bridgehead atoms. The van der Waals surface area contributed by atoms with Crippen molar-refractivity contribution in [1.82, 2.24) is 14.9 Å². The molecule has 2 heterocycles. The van der Waals surface area contributed by atoms with E-state index in [1.165, 1.54) is 0 Å². The lowest BCUT2D eigenvalue weighted by Crippen LogP contribution is -2.27. The van der Waals surface area contributed by atoms with Crippen LogP contribution in [0.25, 0.3) is 0 Å². The fraction of sp³-hybridized carbons (Fsp3) is 0.105. The van der Waals surface area contributed by atoms with Crippen molar-refractivity contribution in [1.29, 1.82) is 0 Å². The van der Waals surface area contributed by atoms with Crippen molar-refractivity contribution in [2.24, 2.45) is 0 Å². The molecule has 3 rings (SSSR count). The van der Waals surface area contributed by atoms with Gasteiger partial charge in [0.05, 0.1) is 12.2 Å². The Labute approximate surface area is 140 Å². The first-order chi connectivity index (χ1) is 11.7. The molecular weight excluding hydrogens is 302 g/mol. The standard InChI is InChI=1S/C19H17N3O2/c1-22(14-15-8-5-6-12-20-15)19(23)17-11-7-13-21-18(17)24-16-9-3-2-4-10-16/h2-13H,14H2,1H3.